The fraction of sp³-hybridized carbons (Fsp3) is 0.302. The lowest BCUT2D eigenvalue weighted by atomic mass is 10.1. The van der Waals surface area contributed by atoms with Crippen molar-refractivity contribution in [3.63, 3.8) is 0 Å². The lowest BCUT2D eigenvalue weighted by Crippen LogP contribution is -2.08. The zero-order valence-electron chi connectivity index (χ0n) is 79.3. The van der Waals surface area contributed by atoms with Crippen molar-refractivity contribution in [1.82, 2.24) is 93.3 Å². The molecule has 23 heteroatoms. The molecule has 0 atom stereocenters. The average molecular weight is 1730 g/mol. The first-order chi connectivity index (χ1) is 63.3. The van der Waals surface area contributed by atoms with E-state index in [1.54, 1.807) is 50.0 Å². The summed E-state index contributed by atoms with van der Waals surface area (Å²) in [4.78, 5) is 51.7. The summed E-state index contributed by atoms with van der Waals surface area (Å²) in [6.07, 6.45) is 35.6. The van der Waals surface area contributed by atoms with Gasteiger partial charge in [-0.05, 0) is 194 Å². The molecule has 0 radical (unpaired) electrons. The molecular formula is C106H135N23. The number of benzene rings is 6. The predicted molar refractivity (Wildman–Crippen MR) is 542 cm³/mol. The molecule has 674 valence electrons. The molecule has 0 aliphatic heterocycles. The van der Waals surface area contributed by atoms with Crippen LogP contribution in [0.5, 0.6) is 0 Å². The van der Waals surface area contributed by atoms with Crippen LogP contribution in [0.25, 0.3) is 77.0 Å². The van der Waals surface area contributed by atoms with E-state index in [0.717, 1.165) is 140 Å². The molecule has 6 aromatic carbocycles. The van der Waals surface area contributed by atoms with Gasteiger partial charge in [0, 0.05) is 96.2 Å². The Kier molecular flexibility index (Phi) is 40.4. The minimum atomic E-state index is 0.429. The quantitative estimate of drug-likeness (QED) is 0.0861. The maximum absolute atomic E-state index is 5.99. The number of aryl methyl sites for hydroxylation is 4. The van der Waals surface area contributed by atoms with Gasteiger partial charge in [-0.3, -0.25) is 5.10 Å². The number of anilines is 4. The van der Waals surface area contributed by atoms with Crippen LogP contribution in [0.1, 0.15) is 202 Å². The molecule has 0 bridgehead atoms. The third-order valence-corrected chi connectivity index (χ3v) is 21.6. The third-order valence-electron chi connectivity index (χ3n) is 21.6. The zero-order valence-corrected chi connectivity index (χ0v) is 79.3. The number of hydrogen-bond acceptors (Lipinski definition) is 16. The van der Waals surface area contributed by atoms with E-state index in [2.05, 4.69) is 261 Å². The van der Waals surface area contributed by atoms with Gasteiger partial charge in [0.1, 0.15) is 83.1 Å². The number of aromatic amines is 3. The normalized spacial score (nSPS) is 12.1. The van der Waals surface area contributed by atoms with E-state index in [4.69, 9.17) is 22.9 Å². The molecule has 11 N–H and O–H groups in total. The Hall–Kier alpha value is -14.2. The Morgan fingerprint density at radius 2 is 0.550 bits per heavy atom. The second-order valence-corrected chi connectivity index (χ2v) is 28.9. The molecule has 4 aliphatic rings. The van der Waals surface area contributed by atoms with Crippen molar-refractivity contribution in [2.75, 3.05) is 22.9 Å². The molecule has 0 fully saturated rings. The lowest BCUT2D eigenvalue weighted by molar-refractivity contribution is 0.542. The Labute approximate surface area is 762 Å². The first kappa shape index (κ1) is 100. The highest BCUT2D eigenvalue weighted by atomic mass is 15.1. The van der Waals surface area contributed by atoms with Crippen LogP contribution >= 0.6 is 0 Å². The van der Waals surface area contributed by atoms with Gasteiger partial charge in [0.15, 0.2) is 0 Å². The van der Waals surface area contributed by atoms with Crippen LogP contribution in [0.4, 0.5) is 23.3 Å². The van der Waals surface area contributed by atoms with Crippen LogP contribution in [0.3, 0.4) is 0 Å². The molecule has 4 aliphatic carbocycles. The highest BCUT2D eigenvalue weighted by molar-refractivity contribution is 5.92. The van der Waals surface area contributed by atoms with Gasteiger partial charge in [-0.25, -0.2) is 54.8 Å². The smallest absolute Gasteiger partial charge is 0.146 e. The van der Waals surface area contributed by atoms with Crippen molar-refractivity contribution < 1.29 is 0 Å². The minimum absolute atomic E-state index is 0.429. The second-order valence-electron chi connectivity index (χ2n) is 28.9. The summed E-state index contributed by atoms with van der Waals surface area (Å²) in [5, 5.41) is 14.3. The Balaban J connectivity index is 0.000000182. The number of aromatic nitrogens is 19. The van der Waals surface area contributed by atoms with Gasteiger partial charge in [0.25, 0.3) is 0 Å². The summed E-state index contributed by atoms with van der Waals surface area (Å²) in [6.45, 7) is 40.3. The molecule has 0 unspecified atom stereocenters. The molecule has 13 aromatic heterocycles. The Morgan fingerprint density at radius 1 is 0.271 bits per heavy atom. The van der Waals surface area contributed by atoms with E-state index in [1.165, 1.54) is 61.7 Å². The molecule has 23 nitrogen and oxygen atoms in total. The maximum atomic E-state index is 5.99. The van der Waals surface area contributed by atoms with Crippen molar-refractivity contribution in [3.05, 3.63) is 336 Å². The second kappa shape index (κ2) is 52.0. The number of nitrogens with zero attached hydrogens (tertiary/aromatic N) is 16. The predicted octanol–water partition coefficient (Wildman–Crippen LogP) is 24.6. The van der Waals surface area contributed by atoms with Crippen LogP contribution in [0.2, 0.25) is 0 Å². The largest absolute Gasteiger partial charge is 0.383 e. The summed E-state index contributed by atoms with van der Waals surface area (Å²) < 4.78 is 9.07. The summed E-state index contributed by atoms with van der Waals surface area (Å²) >= 11 is 0. The van der Waals surface area contributed by atoms with Crippen LogP contribution in [-0.2, 0) is 51.4 Å². The molecule has 0 saturated carbocycles. The van der Waals surface area contributed by atoms with E-state index in [1.807, 2.05) is 184 Å². The highest BCUT2D eigenvalue weighted by Gasteiger charge is 2.29. The Bertz CT molecular complexity index is 5560. The number of hydrogen-bond donors (Lipinski definition) is 7. The molecule has 0 spiro atoms. The summed E-state index contributed by atoms with van der Waals surface area (Å²) in [5.74, 6) is 2.28. The van der Waals surface area contributed by atoms with Gasteiger partial charge in [-0.15, -0.1) is 0 Å². The van der Waals surface area contributed by atoms with Gasteiger partial charge in [-0.2, -0.15) is 5.10 Å². The van der Waals surface area contributed by atoms with E-state index in [0.29, 0.717) is 47.4 Å². The van der Waals surface area contributed by atoms with Crippen LogP contribution in [-0.4, -0.2) is 93.3 Å². The number of para-hydroxylation sites is 2. The molecule has 129 heavy (non-hydrogen) atoms. The number of nitrogens with two attached hydrogens (primary N) is 4. The van der Waals surface area contributed by atoms with E-state index < -0.39 is 0 Å². The number of H-pyrrole nitrogens is 3. The van der Waals surface area contributed by atoms with Crippen molar-refractivity contribution in [1.29, 1.82) is 0 Å². The average Bonchev–Trinajstić information content (AvgIpc) is 1.63. The highest BCUT2D eigenvalue weighted by Crippen LogP contribution is 2.39. The van der Waals surface area contributed by atoms with Crippen molar-refractivity contribution in [2.45, 2.75) is 214 Å². The van der Waals surface area contributed by atoms with Gasteiger partial charge in [0.05, 0.1) is 33.3 Å². The molecule has 19 aromatic rings. The van der Waals surface area contributed by atoms with E-state index in [9.17, 15) is 0 Å². The van der Waals surface area contributed by atoms with Crippen LogP contribution in [0.15, 0.2) is 270 Å². The topological polar surface area (TPSA) is 326 Å². The summed E-state index contributed by atoms with van der Waals surface area (Å²) in [7, 11) is 0. The zero-order chi connectivity index (χ0) is 93.3. The first-order valence-corrected chi connectivity index (χ1v) is 45.9. The minimum Gasteiger partial charge on any atom is -0.383 e. The monoisotopic (exact) mass is 1730 g/mol. The van der Waals surface area contributed by atoms with E-state index in [-0.39, 0.29) is 0 Å². The fourth-order valence-electron chi connectivity index (χ4n) is 16.2. The molecule has 0 saturated heterocycles. The van der Waals surface area contributed by atoms with Gasteiger partial charge in [0.2, 0.25) is 0 Å². The third kappa shape index (κ3) is 24.9. The SMILES string of the molecule is CC.CC.CC.CC.CC.CC.CC.CC.Cc1cn(C2Cc3ccccc3C2)c2ncnc(N)c12.Cc1cn(C2Cc3ccccc3C2)c2ncnc(N)c12.Cc1cn(C2Cc3ccccc3C2)c2ncnc(N)c12.Cc1cn(C2Cc3ccccc3C2)c2ncnc(N)c12.c1ccc2[nH]ccc2c1.c1ccc2[nH]ncc2c1.c1cnc2[nH]ccc2c1.c1cncnc1. The molecule has 0 amide bonds. The number of rotatable bonds is 4. The number of nitrogens with one attached hydrogen (secondary N) is 3. The van der Waals surface area contributed by atoms with Crippen molar-refractivity contribution in [3.8, 4) is 0 Å². The Morgan fingerprint density at radius 3 is 0.837 bits per heavy atom. The molecular weight excluding hydrogens is 1600 g/mol. The lowest BCUT2D eigenvalue weighted by Gasteiger charge is -2.12. The molecule has 23 rings (SSSR count). The van der Waals surface area contributed by atoms with Crippen molar-refractivity contribution >= 4 is 100 Å². The van der Waals surface area contributed by atoms with Crippen molar-refractivity contribution in [2.24, 2.45) is 0 Å². The standard InChI is InChI=1S/4C16H16N4.C8H7N.2C7H6N2.C4H4N2.8C2H6/c4*1-10-8-20(16-14(10)15(17)18-9-19-16)13-6-11-4-2-3-5-12(11)7-13;1-2-4-8-7(3-1)5-6-9-8;1-2-6-3-5-9-7(6)8-4-1;1-2-4-7-6(3-1)5-8-9-7;1-2-5-4-6-3-1;8*1-2/h4*2-5,8-9,13H,6-7H2,1H3,(H2,17,18,19);1-6,9H;2*1-5H,(H,8,9);1-4H;8*1-2H3. The number of fused-ring (bicyclic) bond motifs is 11. The molecule has 13 heterocycles. The summed E-state index contributed by atoms with van der Waals surface area (Å²) in [5.41, 5.74) is 47.2. The number of pyridine rings is 1. The van der Waals surface area contributed by atoms with Gasteiger partial charge < -0.3 is 51.2 Å². The fourth-order valence-corrected chi connectivity index (χ4v) is 16.2. The van der Waals surface area contributed by atoms with Crippen LogP contribution in [0, 0.1) is 27.7 Å². The summed E-state index contributed by atoms with van der Waals surface area (Å²) in [6, 6.07) is 62.4. The van der Waals surface area contributed by atoms with Gasteiger partial charge >= 0.3 is 0 Å². The number of nitrogen functional groups attached to an aromatic ring is 4. The van der Waals surface area contributed by atoms with Gasteiger partial charge in [-0.1, -0.05) is 244 Å². The van der Waals surface area contributed by atoms with E-state index >= 15 is 0 Å². The first-order valence-electron chi connectivity index (χ1n) is 45.9. The maximum Gasteiger partial charge on any atom is 0.146 e. The van der Waals surface area contributed by atoms with Crippen LogP contribution < -0.4 is 22.9 Å².